The van der Waals surface area contributed by atoms with Gasteiger partial charge in [-0.25, -0.2) is 4.68 Å². The molecular formula is C22H24N4O2. The summed E-state index contributed by atoms with van der Waals surface area (Å²) in [4.78, 5) is 23.9. The van der Waals surface area contributed by atoms with Crippen molar-refractivity contribution in [1.29, 1.82) is 0 Å². The van der Waals surface area contributed by atoms with Crippen molar-refractivity contribution in [3.63, 3.8) is 0 Å². The minimum atomic E-state index is -0.528. The molecule has 0 fully saturated rings. The standard InChI is InChI=1S/C22H24N4O2/c1-14-6-5-7-17(12-14)26-19(13-18(25-26)22(2,3)4)24-21(28)16-10-8-15(9-11-16)20(23)27/h5-13H,1-4H3,(H2,23,27)(H,24,28). The maximum absolute atomic E-state index is 12.7. The zero-order valence-electron chi connectivity index (χ0n) is 16.5. The van der Waals surface area contributed by atoms with Crippen LogP contribution in [0.1, 0.15) is 52.7 Å². The fourth-order valence-electron chi connectivity index (χ4n) is 2.77. The van der Waals surface area contributed by atoms with Gasteiger partial charge in [-0.3, -0.25) is 9.59 Å². The second-order valence-electron chi connectivity index (χ2n) is 7.81. The Labute approximate surface area is 164 Å². The van der Waals surface area contributed by atoms with Gasteiger partial charge < -0.3 is 11.1 Å². The molecule has 28 heavy (non-hydrogen) atoms. The van der Waals surface area contributed by atoms with Crippen molar-refractivity contribution in [2.75, 3.05) is 5.32 Å². The van der Waals surface area contributed by atoms with Gasteiger partial charge >= 0.3 is 0 Å². The highest BCUT2D eigenvalue weighted by Crippen LogP contribution is 2.27. The summed E-state index contributed by atoms with van der Waals surface area (Å²) in [6.45, 7) is 8.23. The molecule has 3 N–H and O–H groups in total. The van der Waals surface area contributed by atoms with Crippen molar-refractivity contribution in [2.24, 2.45) is 5.73 Å². The lowest BCUT2D eigenvalue weighted by Crippen LogP contribution is -2.16. The maximum Gasteiger partial charge on any atom is 0.256 e. The summed E-state index contributed by atoms with van der Waals surface area (Å²) < 4.78 is 1.74. The summed E-state index contributed by atoms with van der Waals surface area (Å²) in [6, 6.07) is 16.0. The van der Waals surface area contributed by atoms with E-state index >= 15 is 0 Å². The highest BCUT2D eigenvalue weighted by molar-refractivity contribution is 6.04. The summed E-state index contributed by atoms with van der Waals surface area (Å²) in [6.07, 6.45) is 0. The molecule has 0 saturated heterocycles. The van der Waals surface area contributed by atoms with E-state index in [0.29, 0.717) is 16.9 Å². The zero-order chi connectivity index (χ0) is 20.5. The van der Waals surface area contributed by atoms with Crippen LogP contribution < -0.4 is 11.1 Å². The van der Waals surface area contributed by atoms with Crippen molar-refractivity contribution in [1.82, 2.24) is 9.78 Å². The first kappa shape index (κ1) is 19.4. The summed E-state index contributed by atoms with van der Waals surface area (Å²) in [5.41, 5.74) is 8.71. The first-order chi connectivity index (χ1) is 13.1. The number of carbonyl (C=O) groups excluding carboxylic acids is 2. The molecule has 2 aromatic carbocycles. The number of rotatable bonds is 4. The molecule has 0 aliphatic heterocycles. The molecule has 6 heteroatoms. The molecule has 0 spiro atoms. The lowest BCUT2D eigenvalue weighted by Gasteiger charge is -2.14. The third-order valence-corrected chi connectivity index (χ3v) is 4.40. The highest BCUT2D eigenvalue weighted by Gasteiger charge is 2.22. The number of amides is 2. The number of carbonyl (C=O) groups is 2. The number of nitrogens with two attached hydrogens (primary N) is 1. The number of hydrogen-bond acceptors (Lipinski definition) is 3. The van der Waals surface area contributed by atoms with Crippen molar-refractivity contribution in [3.8, 4) is 5.69 Å². The fourth-order valence-corrected chi connectivity index (χ4v) is 2.77. The molecule has 0 radical (unpaired) electrons. The predicted octanol–water partition coefficient (Wildman–Crippen LogP) is 3.83. The fraction of sp³-hybridized carbons (Fsp3) is 0.227. The number of aromatic nitrogens is 2. The van der Waals surface area contributed by atoms with Gasteiger partial charge in [0.1, 0.15) is 5.82 Å². The molecule has 1 aromatic heterocycles. The molecule has 0 unspecified atom stereocenters. The predicted molar refractivity (Wildman–Crippen MR) is 110 cm³/mol. The van der Waals surface area contributed by atoms with Gasteiger partial charge in [-0.1, -0.05) is 32.9 Å². The van der Waals surface area contributed by atoms with Crippen LogP contribution in [0.15, 0.2) is 54.6 Å². The van der Waals surface area contributed by atoms with Crippen LogP contribution in [0.2, 0.25) is 0 Å². The number of nitrogens with zero attached hydrogens (tertiary/aromatic N) is 2. The molecule has 3 aromatic rings. The largest absolute Gasteiger partial charge is 0.366 e. The van der Waals surface area contributed by atoms with Crippen molar-refractivity contribution in [2.45, 2.75) is 33.1 Å². The Balaban J connectivity index is 1.97. The molecule has 144 valence electrons. The van der Waals surface area contributed by atoms with Crippen LogP contribution in [-0.4, -0.2) is 21.6 Å². The lowest BCUT2D eigenvalue weighted by molar-refractivity contribution is 0.0995. The average Bonchev–Trinajstić information content (AvgIpc) is 3.06. The normalized spacial score (nSPS) is 11.3. The Bertz CT molecular complexity index is 1030. The molecular weight excluding hydrogens is 352 g/mol. The smallest absolute Gasteiger partial charge is 0.256 e. The number of hydrogen-bond donors (Lipinski definition) is 2. The highest BCUT2D eigenvalue weighted by atomic mass is 16.2. The molecule has 0 bridgehead atoms. The molecule has 1 heterocycles. The maximum atomic E-state index is 12.7. The lowest BCUT2D eigenvalue weighted by atomic mass is 9.92. The van der Waals surface area contributed by atoms with Gasteiger partial charge in [-0.15, -0.1) is 0 Å². The van der Waals surface area contributed by atoms with Crippen LogP contribution in [0.25, 0.3) is 5.69 Å². The van der Waals surface area contributed by atoms with Crippen molar-refractivity contribution in [3.05, 3.63) is 77.0 Å². The van der Waals surface area contributed by atoms with Crippen LogP contribution in [0.4, 0.5) is 5.82 Å². The minimum Gasteiger partial charge on any atom is -0.366 e. The molecule has 3 rings (SSSR count). The summed E-state index contributed by atoms with van der Waals surface area (Å²) in [5.74, 6) is -0.232. The molecule has 0 saturated carbocycles. The van der Waals surface area contributed by atoms with E-state index in [1.165, 1.54) is 12.1 Å². The van der Waals surface area contributed by atoms with Gasteiger partial charge in [0.05, 0.1) is 11.4 Å². The van der Waals surface area contributed by atoms with Gasteiger partial charge in [0.2, 0.25) is 5.91 Å². The van der Waals surface area contributed by atoms with Crippen LogP contribution in [-0.2, 0) is 5.41 Å². The van der Waals surface area contributed by atoms with E-state index in [0.717, 1.165) is 16.9 Å². The Morgan fingerprint density at radius 3 is 2.21 bits per heavy atom. The Kier molecular flexibility index (Phi) is 5.05. The third-order valence-electron chi connectivity index (χ3n) is 4.40. The Hall–Kier alpha value is -3.41. The molecule has 0 atom stereocenters. The topological polar surface area (TPSA) is 90.0 Å². The summed E-state index contributed by atoms with van der Waals surface area (Å²) in [5, 5.41) is 7.65. The van der Waals surface area contributed by atoms with E-state index in [2.05, 4.69) is 26.1 Å². The monoisotopic (exact) mass is 376 g/mol. The van der Waals surface area contributed by atoms with Gasteiger partial charge in [-0.2, -0.15) is 5.10 Å². The SMILES string of the molecule is Cc1cccc(-n2nc(C(C)(C)C)cc2NC(=O)c2ccc(C(N)=O)cc2)c1. The van der Waals surface area contributed by atoms with E-state index in [1.54, 1.807) is 16.8 Å². The van der Waals surface area contributed by atoms with E-state index in [9.17, 15) is 9.59 Å². The van der Waals surface area contributed by atoms with E-state index < -0.39 is 5.91 Å². The van der Waals surface area contributed by atoms with E-state index in [4.69, 9.17) is 10.8 Å². The number of anilines is 1. The van der Waals surface area contributed by atoms with Gasteiger partial charge in [0.25, 0.3) is 5.91 Å². The van der Waals surface area contributed by atoms with Gasteiger partial charge in [-0.05, 0) is 48.9 Å². The van der Waals surface area contributed by atoms with Crippen molar-refractivity contribution < 1.29 is 9.59 Å². The summed E-state index contributed by atoms with van der Waals surface area (Å²) in [7, 11) is 0. The third kappa shape index (κ3) is 4.11. The number of nitrogens with one attached hydrogen (secondary N) is 1. The average molecular weight is 376 g/mol. The second kappa shape index (κ2) is 7.31. The van der Waals surface area contributed by atoms with Crippen LogP contribution >= 0.6 is 0 Å². The zero-order valence-corrected chi connectivity index (χ0v) is 16.5. The van der Waals surface area contributed by atoms with Crippen LogP contribution in [0.3, 0.4) is 0 Å². The molecule has 0 aliphatic rings. The molecule has 2 amide bonds. The Morgan fingerprint density at radius 2 is 1.64 bits per heavy atom. The number of primary amides is 1. The number of benzene rings is 2. The first-order valence-electron chi connectivity index (χ1n) is 9.04. The number of aryl methyl sites for hydroxylation is 1. The van der Waals surface area contributed by atoms with Crippen LogP contribution in [0.5, 0.6) is 0 Å². The summed E-state index contributed by atoms with van der Waals surface area (Å²) >= 11 is 0. The van der Waals surface area contributed by atoms with Gasteiger partial charge in [0, 0.05) is 22.6 Å². The van der Waals surface area contributed by atoms with Crippen LogP contribution in [0, 0.1) is 6.92 Å². The van der Waals surface area contributed by atoms with Gasteiger partial charge in [0.15, 0.2) is 0 Å². The molecule has 6 nitrogen and oxygen atoms in total. The molecule has 0 aliphatic carbocycles. The quantitative estimate of drug-likeness (QED) is 0.725. The van der Waals surface area contributed by atoms with Crippen molar-refractivity contribution >= 4 is 17.6 Å². The van der Waals surface area contributed by atoms with E-state index in [1.807, 2.05) is 37.3 Å². The first-order valence-corrected chi connectivity index (χ1v) is 9.04. The second-order valence-corrected chi connectivity index (χ2v) is 7.81. The van der Waals surface area contributed by atoms with E-state index in [-0.39, 0.29) is 11.3 Å². The minimum absolute atomic E-state index is 0.169. The Morgan fingerprint density at radius 1 is 1.00 bits per heavy atom.